The van der Waals surface area contributed by atoms with Crippen LogP contribution >= 0.6 is 0 Å². The average Bonchev–Trinajstić information content (AvgIpc) is 2.79. The minimum atomic E-state index is -0.256. The van der Waals surface area contributed by atoms with Crippen molar-refractivity contribution in [2.75, 3.05) is 13.2 Å². The van der Waals surface area contributed by atoms with Gasteiger partial charge in [0, 0.05) is 16.5 Å². The highest BCUT2D eigenvalue weighted by Crippen LogP contribution is 2.29. The first-order valence-corrected chi connectivity index (χ1v) is 11.9. The van der Waals surface area contributed by atoms with Crippen molar-refractivity contribution in [3.8, 4) is 0 Å². The zero-order valence-corrected chi connectivity index (χ0v) is 21.1. The number of hydrogen-bond acceptors (Lipinski definition) is 6. The zero-order chi connectivity index (χ0) is 24.3. The van der Waals surface area contributed by atoms with Gasteiger partial charge < -0.3 is 9.68 Å². The van der Waals surface area contributed by atoms with Crippen LogP contribution in [0.15, 0.2) is 46.7 Å². The molecule has 4 rings (SSSR count). The van der Waals surface area contributed by atoms with Crippen LogP contribution in [0.3, 0.4) is 0 Å². The summed E-state index contributed by atoms with van der Waals surface area (Å²) in [6.45, 7) is 13.1. The van der Waals surface area contributed by atoms with Crippen LogP contribution in [0.25, 0.3) is 10.9 Å². The van der Waals surface area contributed by atoms with E-state index in [-0.39, 0.29) is 5.41 Å². The van der Waals surface area contributed by atoms with Crippen LogP contribution in [0.5, 0.6) is 0 Å². The highest BCUT2D eigenvalue weighted by molar-refractivity contribution is 6.03. The molecule has 0 N–H and O–H groups in total. The van der Waals surface area contributed by atoms with E-state index in [1.807, 2.05) is 32.0 Å². The molecule has 0 amide bonds. The molecule has 0 unspecified atom stereocenters. The molecule has 0 radical (unpaired) electrons. The number of para-hydroxylation sites is 1. The van der Waals surface area contributed by atoms with Gasteiger partial charge in [-0.3, -0.25) is 4.98 Å². The number of aromatic nitrogens is 2. The molecule has 0 bridgehead atoms. The number of oxime groups is 2. The Labute approximate surface area is 202 Å². The van der Waals surface area contributed by atoms with Gasteiger partial charge in [-0.2, -0.15) is 0 Å². The van der Waals surface area contributed by atoms with E-state index in [0.717, 1.165) is 58.8 Å². The largest absolute Gasteiger partial charge is 0.395 e. The Morgan fingerprint density at radius 2 is 1.76 bits per heavy atom. The van der Waals surface area contributed by atoms with Crippen molar-refractivity contribution in [2.24, 2.45) is 15.7 Å². The Morgan fingerprint density at radius 3 is 2.56 bits per heavy atom. The Hall–Kier alpha value is -3.28. The molecule has 178 valence electrons. The number of nitrogens with zero attached hydrogens (tertiary/aromatic N) is 4. The molecule has 0 fully saturated rings. The molecule has 1 aromatic carbocycles. The monoisotopic (exact) mass is 458 g/mol. The summed E-state index contributed by atoms with van der Waals surface area (Å²) in [5.41, 5.74) is 8.99. The second kappa shape index (κ2) is 9.92. The van der Waals surface area contributed by atoms with Gasteiger partial charge in [-0.25, -0.2) is 4.98 Å². The van der Waals surface area contributed by atoms with Crippen molar-refractivity contribution in [1.29, 1.82) is 0 Å². The van der Waals surface area contributed by atoms with Gasteiger partial charge in [0.2, 0.25) is 0 Å². The van der Waals surface area contributed by atoms with E-state index in [9.17, 15) is 0 Å². The predicted molar refractivity (Wildman–Crippen MR) is 138 cm³/mol. The third-order valence-corrected chi connectivity index (χ3v) is 6.15. The van der Waals surface area contributed by atoms with Gasteiger partial charge in [-0.1, -0.05) is 42.4 Å². The fourth-order valence-corrected chi connectivity index (χ4v) is 4.30. The van der Waals surface area contributed by atoms with Crippen LogP contribution < -0.4 is 0 Å². The Morgan fingerprint density at radius 1 is 1.00 bits per heavy atom. The number of benzene rings is 1. The van der Waals surface area contributed by atoms with E-state index in [1.165, 1.54) is 16.5 Å². The molecule has 0 spiro atoms. The predicted octanol–water partition coefficient (Wildman–Crippen LogP) is 6.08. The normalized spacial score (nSPS) is 15.5. The van der Waals surface area contributed by atoms with Crippen LogP contribution in [0.4, 0.5) is 0 Å². The second-order valence-electron chi connectivity index (χ2n) is 10.0. The van der Waals surface area contributed by atoms with E-state index in [1.54, 1.807) is 0 Å². The van der Waals surface area contributed by atoms with Crippen molar-refractivity contribution in [3.63, 3.8) is 0 Å². The lowest BCUT2D eigenvalue weighted by Gasteiger charge is -2.23. The van der Waals surface area contributed by atoms with Gasteiger partial charge in [-0.15, -0.1) is 0 Å². The maximum absolute atomic E-state index is 5.83. The van der Waals surface area contributed by atoms with Gasteiger partial charge in [0.15, 0.2) is 0 Å². The molecule has 34 heavy (non-hydrogen) atoms. The Balaban J connectivity index is 1.40. The topological polar surface area (TPSA) is 69.0 Å². The van der Waals surface area contributed by atoms with Crippen molar-refractivity contribution in [2.45, 2.75) is 60.8 Å². The zero-order valence-electron chi connectivity index (χ0n) is 21.1. The quantitative estimate of drug-likeness (QED) is 0.318. The van der Waals surface area contributed by atoms with Crippen molar-refractivity contribution in [3.05, 3.63) is 70.2 Å². The third kappa shape index (κ3) is 5.44. The smallest absolute Gasteiger partial charge is 0.125 e. The molecule has 0 saturated heterocycles. The summed E-state index contributed by atoms with van der Waals surface area (Å²) in [5.74, 6) is 0. The molecule has 0 saturated carbocycles. The van der Waals surface area contributed by atoms with Crippen molar-refractivity contribution < 1.29 is 9.68 Å². The second-order valence-corrected chi connectivity index (χ2v) is 10.0. The molecule has 0 aliphatic heterocycles. The summed E-state index contributed by atoms with van der Waals surface area (Å²) in [4.78, 5) is 21.0. The average molecular weight is 459 g/mol. The summed E-state index contributed by atoms with van der Waals surface area (Å²) in [6.07, 6.45) is 2.97. The summed E-state index contributed by atoms with van der Waals surface area (Å²) < 4.78 is 0. The fourth-order valence-electron chi connectivity index (χ4n) is 4.30. The summed E-state index contributed by atoms with van der Waals surface area (Å²) in [5, 5.41) is 10.0. The minimum Gasteiger partial charge on any atom is -0.395 e. The van der Waals surface area contributed by atoms with E-state index < -0.39 is 0 Å². The van der Waals surface area contributed by atoms with Gasteiger partial charge in [0.1, 0.15) is 24.6 Å². The summed E-state index contributed by atoms with van der Waals surface area (Å²) >= 11 is 0. The Bertz CT molecular complexity index is 1240. The molecule has 6 nitrogen and oxygen atoms in total. The molecule has 1 aliphatic rings. The maximum Gasteiger partial charge on any atom is 0.125 e. The maximum atomic E-state index is 5.83. The first kappa shape index (κ1) is 23.9. The van der Waals surface area contributed by atoms with E-state index in [4.69, 9.17) is 14.7 Å². The van der Waals surface area contributed by atoms with Crippen LogP contribution in [0, 0.1) is 26.2 Å². The standard InChI is InChI=1S/C28H34N4O2/c1-18-14-19(2)29-26(15-18)21(4)31-33-16-28(5,6)17-34-32-25-13-9-11-23-20(3)22-10-7-8-12-24(22)30-27(23)25/h7-8,10,12,14-15H,9,11,13,16-17H2,1-6H3. The summed E-state index contributed by atoms with van der Waals surface area (Å²) in [6, 6.07) is 12.4. The molecule has 0 atom stereocenters. The molecule has 6 heteroatoms. The Kier molecular flexibility index (Phi) is 6.96. The fraction of sp³-hybridized carbons (Fsp3) is 0.429. The minimum absolute atomic E-state index is 0.256. The lowest BCUT2D eigenvalue weighted by atomic mass is 9.89. The lowest BCUT2D eigenvalue weighted by Crippen LogP contribution is -2.25. The molecular formula is C28H34N4O2. The lowest BCUT2D eigenvalue weighted by molar-refractivity contribution is -0.000157. The molecule has 2 aromatic heterocycles. The number of pyridine rings is 2. The van der Waals surface area contributed by atoms with Gasteiger partial charge in [-0.05, 0) is 81.8 Å². The first-order valence-electron chi connectivity index (χ1n) is 11.9. The van der Waals surface area contributed by atoms with Crippen molar-refractivity contribution >= 4 is 22.3 Å². The highest BCUT2D eigenvalue weighted by Gasteiger charge is 2.23. The van der Waals surface area contributed by atoms with Crippen molar-refractivity contribution in [1.82, 2.24) is 9.97 Å². The van der Waals surface area contributed by atoms with Gasteiger partial charge in [0.05, 0.1) is 16.9 Å². The number of aryl methyl sites for hydroxylation is 3. The van der Waals surface area contributed by atoms with Gasteiger partial charge in [0.25, 0.3) is 0 Å². The summed E-state index contributed by atoms with van der Waals surface area (Å²) in [7, 11) is 0. The van der Waals surface area contributed by atoms with E-state index in [0.29, 0.717) is 13.2 Å². The molecule has 1 aliphatic carbocycles. The number of hydrogen-bond donors (Lipinski definition) is 0. The molecular weight excluding hydrogens is 424 g/mol. The SMILES string of the molecule is CC(=NOCC(C)(C)CON=C1CCCc2c1nc1ccccc1c2C)c1cc(C)cc(C)n1. The van der Waals surface area contributed by atoms with Gasteiger partial charge >= 0.3 is 0 Å². The van der Waals surface area contributed by atoms with E-state index >= 15 is 0 Å². The molecule has 3 aromatic rings. The van der Waals surface area contributed by atoms with Crippen LogP contribution in [0.2, 0.25) is 0 Å². The third-order valence-electron chi connectivity index (χ3n) is 6.15. The number of fused-ring (bicyclic) bond motifs is 2. The van der Waals surface area contributed by atoms with Crippen LogP contribution in [-0.2, 0) is 16.1 Å². The van der Waals surface area contributed by atoms with Crippen LogP contribution in [-0.4, -0.2) is 34.6 Å². The van der Waals surface area contributed by atoms with E-state index in [2.05, 4.69) is 61.2 Å². The molecule has 2 heterocycles. The highest BCUT2D eigenvalue weighted by atomic mass is 16.6. The number of rotatable bonds is 7. The first-order chi connectivity index (χ1) is 16.2. The van der Waals surface area contributed by atoms with Crippen LogP contribution in [0.1, 0.15) is 67.4 Å².